The van der Waals surface area contributed by atoms with E-state index in [-0.39, 0.29) is 30.0 Å². The Bertz CT molecular complexity index is 1380. The van der Waals surface area contributed by atoms with Crippen molar-refractivity contribution in [1.82, 2.24) is 15.3 Å². The highest BCUT2D eigenvalue weighted by Gasteiger charge is 2.32. The summed E-state index contributed by atoms with van der Waals surface area (Å²) in [6.07, 6.45) is 6.01. The molecule has 6 rings (SSSR count). The first kappa shape index (κ1) is 25.1. The molecule has 0 radical (unpaired) electrons. The van der Waals surface area contributed by atoms with Gasteiger partial charge in [0, 0.05) is 24.2 Å². The van der Waals surface area contributed by atoms with Gasteiger partial charge in [0.15, 0.2) is 6.73 Å². The van der Waals surface area contributed by atoms with Crippen molar-refractivity contribution in [2.45, 2.75) is 38.0 Å². The Kier molecular flexibility index (Phi) is 6.95. The third-order valence-electron chi connectivity index (χ3n) is 7.34. The minimum absolute atomic E-state index is 0.0793. The fourth-order valence-electron chi connectivity index (χ4n) is 5.16. The number of fused-ring (bicyclic) bond motifs is 1. The van der Waals surface area contributed by atoms with E-state index in [0.29, 0.717) is 39.8 Å². The van der Waals surface area contributed by atoms with Crippen LogP contribution in [0.15, 0.2) is 42.6 Å². The molecule has 0 atom stereocenters. The smallest absolute Gasteiger partial charge is 0.268 e. The quantitative estimate of drug-likeness (QED) is 0.399. The summed E-state index contributed by atoms with van der Waals surface area (Å²) in [6.45, 7) is 1.90. The van der Waals surface area contributed by atoms with Gasteiger partial charge in [0.1, 0.15) is 11.3 Å². The number of nitrogens with zero attached hydrogens (tertiary/aromatic N) is 3. The number of piperidine rings is 1. The predicted molar refractivity (Wildman–Crippen MR) is 147 cm³/mol. The maximum absolute atomic E-state index is 13.2. The van der Waals surface area contributed by atoms with Crippen molar-refractivity contribution in [3.8, 4) is 5.88 Å². The molecule has 1 saturated heterocycles. The van der Waals surface area contributed by atoms with E-state index in [1.54, 1.807) is 18.2 Å². The average molecular weight is 552 g/mol. The van der Waals surface area contributed by atoms with Gasteiger partial charge in [-0.25, -0.2) is 4.98 Å². The number of benzene rings is 2. The van der Waals surface area contributed by atoms with Crippen molar-refractivity contribution < 1.29 is 14.3 Å². The van der Waals surface area contributed by atoms with Gasteiger partial charge in [0.2, 0.25) is 11.8 Å². The van der Waals surface area contributed by atoms with E-state index in [9.17, 15) is 9.59 Å². The topological polar surface area (TPSA) is 96.4 Å². The molecule has 196 valence electrons. The van der Waals surface area contributed by atoms with Crippen LogP contribution in [-0.4, -0.2) is 41.5 Å². The number of aromatic nitrogens is 2. The molecule has 1 saturated carbocycles. The first-order chi connectivity index (χ1) is 18.5. The Morgan fingerprint density at radius 3 is 2.61 bits per heavy atom. The van der Waals surface area contributed by atoms with Gasteiger partial charge in [-0.2, -0.15) is 4.98 Å². The van der Waals surface area contributed by atoms with Crippen LogP contribution in [-0.2, 0) is 11.2 Å². The number of amides is 1. The summed E-state index contributed by atoms with van der Waals surface area (Å²) in [4.78, 5) is 36.1. The summed E-state index contributed by atoms with van der Waals surface area (Å²) >= 11 is 12.6. The standard InChI is InChI=1S/C28H27Cl2N5O3/c29-22-2-1-3-23(30)25(22)35-15-38-26-21(27(35)37)14-32-28(34-26)33-19-6-7-20(16-8-10-31-11-9-16)18(12-19)13-24(36)17-4-5-17/h1-3,6-7,12,14,16-17,31H,4-5,8-11,13,15H2,(H,32,33,34). The number of ether oxygens (including phenoxy) is 1. The zero-order valence-corrected chi connectivity index (χ0v) is 22.2. The molecule has 0 spiro atoms. The van der Waals surface area contributed by atoms with Crippen LogP contribution in [0.4, 0.5) is 17.3 Å². The molecule has 1 aliphatic carbocycles. The van der Waals surface area contributed by atoms with Gasteiger partial charge >= 0.3 is 0 Å². The van der Waals surface area contributed by atoms with Crippen LogP contribution in [0.5, 0.6) is 5.88 Å². The molecule has 1 aromatic heterocycles. The summed E-state index contributed by atoms with van der Waals surface area (Å²) in [6, 6.07) is 11.2. The molecular formula is C28H27Cl2N5O3. The lowest BCUT2D eigenvalue weighted by Crippen LogP contribution is -2.39. The Labute approximate surface area is 230 Å². The van der Waals surface area contributed by atoms with E-state index < -0.39 is 0 Å². The van der Waals surface area contributed by atoms with Crippen molar-refractivity contribution in [2.24, 2.45) is 5.92 Å². The van der Waals surface area contributed by atoms with Crippen LogP contribution in [0.3, 0.4) is 0 Å². The number of rotatable bonds is 7. The van der Waals surface area contributed by atoms with Gasteiger partial charge < -0.3 is 15.4 Å². The number of ketones is 1. The average Bonchev–Trinajstić information content (AvgIpc) is 3.76. The molecule has 2 N–H and O–H groups in total. The molecule has 0 unspecified atom stereocenters. The van der Waals surface area contributed by atoms with Crippen molar-refractivity contribution in [2.75, 3.05) is 30.0 Å². The van der Waals surface area contributed by atoms with E-state index in [1.165, 1.54) is 16.7 Å². The van der Waals surface area contributed by atoms with Crippen LogP contribution in [0.25, 0.3) is 0 Å². The highest BCUT2D eigenvalue weighted by atomic mass is 35.5. The Hall–Kier alpha value is -3.20. The molecule has 8 nitrogen and oxygen atoms in total. The van der Waals surface area contributed by atoms with Crippen LogP contribution < -0.4 is 20.3 Å². The second-order valence-corrected chi connectivity index (χ2v) is 10.8. The number of hydrogen-bond acceptors (Lipinski definition) is 7. The number of nitrogens with one attached hydrogen (secondary N) is 2. The van der Waals surface area contributed by atoms with Gasteiger partial charge in [-0.05, 0) is 80.1 Å². The Morgan fingerprint density at radius 2 is 1.87 bits per heavy atom. The lowest BCUT2D eigenvalue weighted by atomic mass is 9.85. The molecular weight excluding hydrogens is 525 g/mol. The Morgan fingerprint density at radius 1 is 1.11 bits per heavy atom. The summed E-state index contributed by atoms with van der Waals surface area (Å²) < 4.78 is 5.80. The monoisotopic (exact) mass is 551 g/mol. The van der Waals surface area contributed by atoms with E-state index in [4.69, 9.17) is 27.9 Å². The third-order valence-corrected chi connectivity index (χ3v) is 7.95. The normalized spacial score (nSPS) is 17.6. The third kappa shape index (κ3) is 5.08. The van der Waals surface area contributed by atoms with Crippen LogP contribution in [0.2, 0.25) is 10.0 Å². The van der Waals surface area contributed by atoms with Gasteiger partial charge in [-0.1, -0.05) is 35.3 Å². The lowest BCUT2D eigenvalue weighted by Gasteiger charge is -2.29. The molecule has 2 aromatic carbocycles. The minimum atomic E-state index is -0.347. The summed E-state index contributed by atoms with van der Waals surface area (Å²) in [5, 5.41) is 7.34. The molecule has 1 amide bonds. The number of halogens is 2. The largest absolute Gasteiger partial charge is 0.455 e. The van der Waals surface area contributed by atoms with E-state index in [0.717, 1.165) is 50.0 Å². The molecule has 0 bridgehead atoms. The Balaban J connectivity index is 1.24. The van der Waals surface area contributed by atoms with Crippen molar-refractivity contribution in [1.29, 1.82) is 0 Å². The van der Waals surface area contributed by atoms with Crippen LogP contribution in [0.1, 0.15) is 53.1 Å². The van der Waals surface area contributed by atoms with E-state index >= 15 is 0 Å². The zero-order valence-electron chi connectivity index (χ0n) is 20.7. The number of carbonyl (C=O) groups is 2. The van der Waals surface area contributed by atoms with E-state index in [1.807, 2.05) is 12.1 Å². The number of para-hydroxylation sites is 1. The van der Waals surface area contributed by atoms with Crippen LogP contribution in [0, 0.1) is 5.92 Å². The molecule has 2 fully saturated rings. The molecule has 38 heavy (non-hydrogen) atoms. The van der Waals surface area contributed by atoms with Gasteiger partial charge in [-0.3, -0.25) is 14.5 Å². The molecule has 3 aliphatic rings. The van der Waals surface area contributed by atoms with Crippen molar-refractivity contribution in [3.63, 3.8) is 0 Å². The maximum Gasteiger partial charge on any atom is 0.268 e. The maximum atomic E-state index is 13.2. The zero-order chi connectivity index (χ0) is 26.2. The van der Waals surface area contributed by atoms with Crippen molar-refractivity contribution >= 4 is 52.2 Å². The van der Waals surface area contributed by atoms with Gasteiger partial charge in [0.05, 0.1) is 15.7 Å². The second-order valence-electron chi connectivity index (χ2n) is 9.97. The first-order valence-electron chi connectivity index (χ1n) is 12.9. The van der Waals surface area contributed by atoms with Gasteiger partial charge in [-0.15, -0.1) is 0 Å². The molecule has 3 heterocycles. The van der Waals surface area contributed by atoms with E-state index in [2.05, 4.69) is 26.7 Å². The van der Waals surface area contributed by atoms with Gasteiger partial charge in [0.25, 0.3) is 5.91 Å². The lowest BCUT2D eigenvalue weighted by molar-refractivity contribution is -0.119. The summed E-state index contributed by atoms with van der Waals surface area (Å²) in [5.74, 6) is 1.11. The number of anilines is 3. The number of hydrogen-bond donors (Lipinski definition) is 2. The highest BCUT2D eigenvalue weighted by Crippen LogP contribution is 2.38. The molecule has 10 heteroatoms. The fraction of sp³-hybridized carbons (Fsp3) is 0.357. The number of carbonyl (C=O) groups excluding carboxylic acids is 2. The summed E-state index contributed by atoms with van der Waals surface area (Å²) in [5.41, 5.74) is 3.71. The highest BCUT2D eigenvalue weighted by molar-refractivity contribution is 6.40. The first-order valence-corrected chi connectivity index (χ1v) is 13.6. The predicted octanol–water partition coefficient (Wildman–Crippen LogP) is 5.51. The van der Waals surface area contributed by atoms with Crippen LogP contribution >= 0.6 is 23.2 Å². The SMILES string of the molecule is O=C(Cc1cc(Nc2ncc3c(n2)OCN(c2c(Cl)cccc2Cl)C3=O)ccc1C1CCNCC1)C1CC1. The number of Topliss-reactive ketones (excluding diaryl/α,β-unsaturated/α-hetero) is 1. The molecule has 3 aromatic rings. The minimum Gasteiger partial charge on any atom is -0.455 e. The fourth-order valence-corrected chi connectivity index (χ4v) is 5.76. The molecule has 2 aliphatic heterocycles. The van der Waals surface area contributed by atoms with Crippen molar-refractivity contribution in [3.05, 3.63) is 69.3 Å². The summed E-state index contributed by atoms with van der Waals surface area (Å²) in [7, 11) is 0. The second kappa shape index (κ2) is 10.5.